The zero-order valence-corrected chi connectivity index (χ0v) is 12.5. The van der Waals surface area contributed by atoms with Crippen molar-refractivity contribution < 1.29 is 4.79 Å². The number of rotatable bonds is 3. The lowest BCUT2D eigenvalue weighted by atomic mass is 9.77. The third-order valence-electron chi connectivity index (χ3n) is 4.97. The molecule has 1 atom stereocenters. The second-order valence-electron chi connectivity index (χ2n) is 7.54. The van der Waals surface area contributed by atoms with Crippen molar-refractivity contribution >= 4 is 5.91 Å². The van der Waals surface area contributed by atoms with Gasteiger partial charge in [0.15, 0.2) is 0 Å². The Labute approximate surface area is 117 Å². The molecule has 0 bridgehead atoms. The average molecular weight is 262 g/mol. The van der Waals surface area contributed by atoms with Crippen LogP contribution in [0.2, 0.25) is 0 Å². The highest BCUT2D eigenvalue weighted by Gasteiger charge is 2.45. The number of likely N-dealkylation sites (tertiary alicyclic amines) is 1. The molecule has 3 nitrogen and oxygen atoms in total. The van der Waals surface area contributed by atoms with E-state index in [1.807, 2.05) is 4.90 Å². The molecule has 1 amide bonds. The molecule has 1 saturated heterocycles. The molecule has 1 aliphatic heterocycles. The van der Waals surface area contributed by atoms with Crippen molar-refractivity contribution in [2.24, 2.45) is 16.7 Å². The van der Waals surface area contributed by atoms with Gasteiger partial charge in [0, 0.05) is 31.3 Å². The number of carbonyl (C=O) groups is 1. The predicted molar refractivity (Wildman–Crippen MR) is 75.3 cm³/mol. The van der Waals surface area contributed by atoms with E-state index in [0.29, 0.717) is 30.1 Å². The predicted octanol–water partition coefficient (Wildman–Crippen LogP) is 3.36. The number of nitriles is 1. The van der Waals surface area contributed by atoms with Crippen LogP contribution in [-0.2, 0) is 4.79 Å². The van der Waals surface area contributed by atoms with Crippen LogP contribution in [0.1, 0.15) is 59.3 Å². The van der Waals surface area contributed by atoms with Gasteiger partial charge in [0.1, 0.15) is 0 Å². The van der Waals surface area contributed by atoms with Gasteiger partial charge in [0.25, 0.3) is 0 Å². The minimum atomic E-state index is 0.145. The van der Waals surface area contributed by atoms with E-state index in [0.717, 1.165) is 38.8 Å². The summed E-state index contributed by atoms with van der Waals surface area (Å²) in [6.07, 6.45) is 5.66. The normalized spacial score (nSPS) is 26.7. The van der Waals surface area contributed by atoms with Crippen LogP contribution in [0.25, 0.3) is 0 Å². The maximum atomic E-state index is 12.2. The van der Waals surface area contributed by atoms with Crippen LogP contribution in [0, 0.1) is 28.1 Å². The first kappa shape index (κ1) is 14.4. The topological polar surface area (TPSA) is 44.1 Å². The molecule has 2 aliphatic rings. The molecule has 0 spiro atoms. The smallest absolute Gasteiger partial charge is 0.222 e. The Kier molecular flexibility index (Phi) is 3.90. The second-order valence-corrected chi connectivity index (χ2v) is 7.54. The fraction of sp³-hybridized carbons (Fsp3) is 0.875. The van der Waals surface area contributed by atoms with E-state index >= 15 is 0 Å². The Morgan fingerprint density at radius 2 is 2.05 bits per heavy atom. The van der Waals surface area contributed by atoms with Gasteiger partial charge in [-0.2, -0.15) is 5.26 Å². The van der Waals surface area contributed by atoms with Crippen molar-refractivity contribution in [3.05, 3.63) is 0 Å². The Bertz CT molecular complexity index is 385. The van der Waals surface area contributed by atoms with Crippen LogP contribution in [0.5, 0.6) is 0 Å². The number of hydrogen-bond donors (Lipinski definition) is 0. The average Bonchev–Trinajstić information content (AvgIpc) is 3.07. The Morgan fingerprint density at radius 3 is 2.58 bits per heavy atom. The number of nitrogens with zero attached hydrogens (tertiary/aromatic N) is 2. The summed E-state index contributed by atoms with van der Waals surface area (Å²) in [6.45, 7) is 8.52. The van der Waals surface area contributed by atoms with Crippen molar-refractivity contribution in [3.8, 4) is 6.07 Å². The second kappa shape index (κ2) is 5.15. The van der Waals surface area contributed by atoms with Crippen molar-refractivity contribution in [3.63, 3.8) is 0 Å². The summed E-state index contributed by atoms with van der Waals surface area (Å²) >= 11 is 0. The number of amides is 1. The van der Waals surface area contributed by atoms with Gasteiger partial charge in [0.2, 0.25) is 5.91 Å². The first-order valence-electron chi connectivity index (χ1n) is 7.51. The zero-order valence-electron chi connectivity index (χ0n) is 12.5. The quantitative estimate of drug-likeness (QED) is 0.783. The van der Waals surface area contributed by atoms with E-state index in [-0.39, 0.29) is 5.41 Å². The van der Waals surface area contributed by atoms with E-state index in [2.05, 4.69) is 26.8 Å². The molecule has 3 heteroatoms. The summed E-state index contributed by atoms with van der Waals surface area (Å²) in [5.41, 5.74) is 0.437. The molecular formula is C16H26N2O. The molecule has 2 fully saturated rings. The van der Waals surface area contributed by atoms with Crippen molar-refractivity contribution in [1.82, 2.24) is 4.90 Å². The molecule has 0 aromatic heterocycles. The summed E-state index contributed by atoms with van der Waals surface area (Å²) in [6, 6.07) is 2.29. The number of carbonyl (C=O) groups excluding carboxylic acids is 1. The molecular weight excluding hydrogens is 236 g/mol. The lowest BCUT2D eigenvalue weighted by molar-refractivity contribution is -0.131. The molecule has 1 unspecified atom stereocenters. The largest absolute Gasteiger partial charge is 0.342 e. The highest BCUT2D eigenvalue weighted by atomic mass is 16.2. The lowest BCUT2D eigenvalue weighted by Crippen LogP contribution is -2.36. The maximum Gasteiger partial charge on any atom is 0.222 e. The Morgan fingerprint density at radius 1 is 1.37 bits per heavy atom. The highest BCUT2D eigenvalue weighted by Crippen LogP contribution is 2.49. The standard InChI is InChI=1S/C16H26N2O/c1-15(2,3)13-4-5-14(19)18(11-6-13)12-16(7-8-16)9-10-17/h13H,4-9,11-12H2,1-3H3. The maximum absolute atomic E-state index is 12.2. The number of hydrogen-bond acceptors (Lipinski definition) is 2. The molecule has 1 aliphatic carbocycles. The first-order valence-corrected chi connectivity index (χ1v) is 7.51. The van der Waals surface area contributed by atoms with E-state index in [9.17, 15) is 4.79 Å². The van der Waals surface area contributed by atoms with Crippen molar-refractivity contribution in [2.45, 2.75) is 59.3 Å². The molecule has 0 aromatic carbocycles. The van der Waals surface area contributed by atoms with Crippen LogP contribution < -0.4 is 0 Å². The van der Waals surface area contributed by atoms with Gasteiger partial charge in [-0.15, -0.1) is 0 Å². The van der Waals surface area contributed by atoms with Gasteiger partial charge in [-0.05, 0) is 37.0 Å². The minimum absolute atomic E-state index is 0.145. The fourth-order valence-electron chi connectivity index (χ4n) is 3.21. The van der Waals surface area contributed by atoms with Gasteiger partial charge in [-0.3, -0.25) is 4.79 Å². The highest BCUT2D eigenvalue weighted by molar-refractivity contribution is 5.76. The molecule has 0 radical (unpaired) electrons. The monoisotopic (exact) mass is 262 g/mol. The van der Waals surface area contributed by atoms with Gasteiger partial charge in [-0.1, -0.05) is 20.8 Å². The van der Waals surface area contributed by atoms with Crippen LogP contribution in [-0.4, -0.2) is 23.9 Å². The van der Waals surface area contributed by atoms with Crippen LogP contribution in [0.15, 0.2) is 0 Å². The molecule has 1 heterocycles. The fourth-order valence-corrected chi connectivity index (χ4v) is 3.21. The van der Waals surface area contributed by atoms with E-state index in [1.165, 1.54) is 0 Å². The summed E-state index contributed by atoms with van der Waals surface area (Å²) < 4.78 is 0. The minimum Gasteiger partial charge on any atom is -0.342 e. The van der Waals surface area contributed by atoms with Crippen molar-refractivity contribution in [1.29, 1.82) is 5.26 Å². The molecule has 2 rings (SSSR count). The van der Waals surface area contributed by atoms with Gasteiger partial charge >= 0.3 is 0 Å². The summed E-state index contributed by atoms with van der Waals surface area (Å²) in [5, 5.41) is 8.89. The van der Waals surface area contributed by atoms with Crippen LogP contribution in [0.3, 0.4) is 0 Å². The van der Waals surface area contributed by atoms with Crippen molar-refractivity contribution in [2.75, 3.05) is 13.1 Å². The van der Waals surface area contributed by atoms with Gasteiger partial charge < -0.3 is 4.90 Å². The lowest BCUT2D eigenvalue weighted by Gasteiger charge is -2.30. The third kappa shape index (κ3) is 3.49. The molecule has 19 heavy (non-hydrogen) atoms. The Hall–Kier alpha value is -1.04. The Balaban J connectivity index is 1.96. The van der Waals surface area contributed by atoms with Gasteiger partial charge in [0.05, 0.1) is 6.07 Å². The SMILES string of the molecule is CC(C)(C)C1CCC(=O)N(CC2(CC#N)CC2)CC1. The third-order valence-corrected chi connectivity index (χ3v) is 4.97. The zero-order chi connectivity index (χ0) is 14.1. The van der Waals surface area contributed by atoms with E-state index in [4.69, 9.17) is 5.26 Å². The molecule has 0 N–H and O–H groups in total. The van der Waals surface area contributed by atoms with Crippen LogP contribution in [0.4, 0.5) is 0 Å². The summed E-state index contributed by atoms with van der Waals surface area (Å²) in [7, 11) is 0. The molecule has 1 saturated carbocycles. The summed E-state index contributed by atoms with van der Waals surface area (Å²) in [5.74, 6) is 0.934. The van der Waals surface area contributed by atoms with E-state index in [1.54, 1.807) is 0 Å². The van der Waals surface area contributed by atoms with Crippen LogP contribution >= 0.6 is 0 Å². The molecule has 0 aromatic rings. The van der Waals surface area contributed by atoms with Gasteiger partial charge in [-0.25, -0.2) is 0 Å². The summed E-state index contributed by atoms with van der Waals surface area (Å²) in [4.78, 5) is 14.3. The first-order chi connectivity index (χ1) is 8.86. The molecule has 106 valence electrons. The van der Waals surface area contributed by atoms with E-state index < -0.39 is 0 Å².